The Kier molecular flexibility index (Phi) is 3.84. The van der Waals surface area contributed by atoms with Crippen LogP contribution in [0.3, 0.4) is 0 Å². The van der Waals surface area contributed by atoms with Crippen LogP contribution in [0.1, 0.15) is 36.6 Å². The summed E-state index contributed by atoms with van der Waals surface area (Å²) in [5.41, 5.74) is 2.90. The second-order valence-corrected chi connectivity index (χ2v) is 5.61. The van der Waals surface area contributed by atoms with Crippen molar-refractivity contribution in [2.75, 3.05) is 6.61 Å². The molecular formula is C18H20O3. The summed E-state index contributed by atoms with van der Waals surface area (Å²) in [6.45, 7) is 4.71. The van der Waals surface area contributed by atoms with Gasteiger partial charge in [-0.2, -0.15) is 0 Å². The molecule has 3 nitrogen and oxygen atoms in total. The molecule has 0 aromatic heterocycles. The summed E-state index contributed by atoms with van der Waals surface area (Å²) in [6.07, 6.45) is 0.382. The molecule has 2 aromatic rings. The van der Waals surface area contributed by atoms with E-state index < -0.39 is 6.10 Å². The van der Waals surface area contributed by atoms with Gasteiger partial charge in [-0.3, -0.25) is 0 Å². The van der Waals surface area contributed by atoms with Crippen molar-refractivity contribution in [2.24, 2.45) is 0 Å². The number of benzene rings is 2. The Labute approximate surface area is 125 Å². The first kappa shape index (κ1) is 14.0. The van der Waals surface area contributed by atoms with Gasteiger partial charge >= 0.3 is 0 Å². The maximum Gasteiger partial charge on any atom is 0.122 e. The summed E-state index contributed by atoms with van der Waals surface area (Å²) in [6, 6.07) is 13.5. The minimum absolute atomic E-state index is 0.120. The van der Waals surface area contributed by atoms with E-state index in [2.05, 4.69) is 0 Å². The first-order valence-electron chi connectivity index (χ1n) is 7.34. The van der Waals surface area contributed by atoms with Crippen molar-refractivity contribution < 1.29 is 14.6 Å². The van der Waals surface area contributed by atoms with Crippen molar-refractivity contribution in [3.63, 3.8) is 0 Å². The zero-order chi connectivity index (χ0) is 14.8. The molecule has 3 rings (SSSR count). The van der Waals surface area contributed by atoms with E-state index in [0.29, 0.717) is 0 Å². The molecular weight excluding hydrogens is 264 g/mol. The predicted molar refractivity (Wildman–Crippen MR) is 81.9 cm³/mol. The van der Waals surface area contributed by atoms with E-state index in [9.17, 15) is 5.11 Å². The summed E-state index contributed by atoms with van der Waals surface area (Å²) >= 11 is 0. The van der Waals surface area contributed by atoms with Crippen LogP contribution in [0.4, 0.5) is 0 Å². The van der Waals surface area contributed by atoms with Gasteiger partial charge in [0.05, 0.1) is 12.7 Å². The van der Waals surface area contributed by atoms with Gasteiger partial charge in [0.1, 0.15) is 17.6 Å². The lowest BCUT2D eigenvalue weighted by molar-refractivity contribution is 0.216. The highest BCUT2D eigenvalue weighted by atomic mass is 16.5. The number of aliphatic hydroxyl groups excluding tert-OH is 1. The molecule has 1 heterocycles. The minimum Gasteiger partial charge on any atom is -0.493 e. The number of aliphatic hydroxyl groups is 1. The average Bonchev–Trinajstić information content (AvgIpc) is 2.93. The average molecular weight is 284 g/mol. The van der Waals surface area contributed by atoms with Crippen LogP contribution in [-0.2, 0) is 6.42 Å². The lowest BCUT2D eigenvalue weighted by Gasteiger charge is -2.15. The molecule has 110 valence electrons. The molecule has 1 unspecified atom stereocenters. The van der Waals surface area contributed by atoms with Crippen molar-refractivity contribution in [3.8, 4) is 11.5 Å². The monoisotopic (exact) mass is 284 g/mol. The smallest absolute Gasteiger partial charge is 0.122 e. The molecule has 0 amide bonds. The highest BCUT2D eigenvalue weighted by Gasteiger charge is 2.17. The summed E-state index contributed by atoms with van der Waals surface area (Å²) in [7, 11) is 0. The quantitative estimate of drug-likeness (QED) is 0.934. The molecule has 0 radical (unpaired) electrons. The SMILES string of the molecule is CC(C)Oc1cccc(C(O)c2ccc3c(c2)CCO3)c1. The van der Waals surface area contributed by atoms with Crippen LogP contribution < -0.4 is 9.47 Å². The van der Waals surface area contributed by atoms with Crippen molar-refractivity contribution in [1.82, 2.24) is 0 Å². The van der Waals surface area contributed by atoms with Crippen LogP contribution in [0.5, 0.6) is 11.5 Å². The number of hydrogen-bond donors (Lipinski definition) is 1. The second kappa shape index (κ2) is 5.78. The van der Waals surface area contributed by atoms with E-state index in [0.717, 1.165) is 35.7 Å². The van der Waals surface area contributed by atoms with Crippen LogP contribution in [-0.4, -0.2) is 17.8 Å². The summed E-state index contributed by atoms with van der Waals surface area (Å²) in [5, 5.41) is 10.6. The fourth-order valence-corrected chi connectivity index (χ4v) is 2.60. The van der Waals surface area contributed by atoms with Crippen LogP contribution in [0.15, 0.2) is 42.5 Å². The minimum atomic E-state index is -0.647. The zero-order valence-corrected chi connectivity index (χ0v) is 12.4. The third-order valence-electron chi connectivity index (χ3n) is 3.57. The molecule has 21 heavy (non-hydrogen) atoms. The van der Waals surface area contributed by atoms with Crippen LogP contribution in [0, 0.1) is 0 Å². The molecule has 0 bridgehead atoms. The lowest BCUT2D eigenvalue weighted by Crippen LogP contribution is -2.06. The van der Waals surface area contributed by atoms with Gasteiger partial charge in [-0.05, 0) is 54.8 Å². The Bertz CT molecular complexity index is 634. The van der Waals surface area contributed by atoms with Gasteiger partial charge in [0, 0.05) is 6.42 Å². The number of ether oxygens (including phenoxy) is 2. The largest absolute Gasteiger partial charge is 0.493 e. The first-order valence-corrected chi connectivity index (χ1v) is 7.34. The summed E-state index contributed by atoms with van der Waals surface area (Å²) < 4.78 is 11.2. The Hall–Kier alpha value is -2.00. The third kappa shape index (κ3) is 3.03. The van der Waals surface area contributed by atoms with Gasteiger partial charge in [-0.1, -0.05) is 18.2 Å². The highest BCUT2D eigenvalue weighted by molar-refractivity contribution is 5.43. The van der Waals surface area contributed by atoms with Crippen molar-refractivity contribution in [2.45, 2.75) is 32.5 Å². The molecule has 3 heteroatoms. The van der Waals surface area contributed by atoms with E-state index >= 15 is 0 Å². The molecule has 2 aromatic carbocycles. The van der Waals surface area contributed by atoms with E-state index in [-0.39, 0.29) is 6.10 Å². The van der Waals surface area contributed by atoms with E-state index in [1.165, 1.54) is 5.56 Å². The summed E-state index contributed by atoms with van der Waals surface area (Å²) in [5.74, 6) is 1.72. The lowest BCUT2D eigenvalue weighted by atomic mass is 9.99. The maximum absolute atomic E-state index is 10.6. The third-order valence-corrected chi connectivity index (χ3v) is 3.57. The van der Waals surface area contributed by atoms with Gasteiger partial charge in [-0.25, -0.2) is 0 Å². The van der Waals surface area contributed by atoms with E-state index in [1.807, 2.05) is 56.3 Å². The predicted octanol–water partition coefficient (Wildman–Crippen LogP) is 3.49. The Morgan fingerprint density at radius 3 is 2.71 bits per heavy atom. The molecule has 1 aliphatic heterocycles. The van der Waals surface area contributed by atoms with Crippen molar-refractivity contribution in [3.05, 3.63) is 59.2 Å². The molecule has 1 N–H and O–H groups in total. The van der Waals surface area contributed by atoms with Crippen LogP contribution in [0.25, 0.3) is 0 Å². The first-order chi connectivity index (χ1) is 10.1. The Morgan fingerprint density at radius 2 is 1.90 bits per heavy atom. The molecule has 0 aliphatic carbocycles. The molecule has 0 spiro atoms. The second-order valence-electron chi connectivity index (χ2n) is 5.61. The molecule has 0 saturated heterocycles. The number of rotatable bonds is 4. The van der Waals surface area contributed by atoms with Gasteiger partial charge < -0.3 is 14.6 Å². The van der Waals surface area contributed by atoms with Crippen molar-refractivity contribution in [1.29, 1.82) is 0 Å². The Morgan fingerprint density at radius 1 is 1.10 bits per heavy atom. The number of fused-ring (bicyclic) bond motifs is 1. The van der Waals surface area contributed by atoms with Crippen LogP contribution >= 0.6 is 0 Å². The highest BCUT2D eigenvalue weighted by Crippen LogP contribution is 2.31. The maximum atomic E-state index is 10.6. The molecule has 1 aliphatic rings. The van der Waals surface area contributed by atoms with Gasteiger partial charge in [0.2, 0.25) is 0 Å². The van der Waals surface area contributed by atoms with E-state index in [4.69, 9.17) is 9.47 Å². The Balaban J connectivity index is 1.86. The molecule has 0 fully saturated rings. The number of hydrogen-bond acceptors (Lipinski definition) is 3. The van der Waals surface area contributed by atoms with E-state index in [1.54, 1.807) is 0 Å². The van der Waals surface area contributed by atoms with Gasteiger partial charge in [0.25, 0.3) is 0 Å². The van der Waals surface area contributed by atoms with Gasteiger partial charge in [-0.15, -0.1) is 0 Å². The fraction of sp³-hybridized carbons (Fsp3) is 0.333. The summed E-state index contributed by atoms with van der Waals surface area (Å²) in [4.78, 5) is 0. The normalized spacial score (nSPS) is 14.7. The molecule has 1 atom stereocenters. The molecule has 0 saturated carbocycles. The van der Waals surface area contributed by atoms with Gasteiger partial charge in [0.15, 0.2) is 0 Å². The topological polar surface area (TPSA) is 38.7 Å². The fourth-order valence-electron chi connectivity index (χ4n) is 2.60. The zero-order valence-electron chi connectivity index (χ0n) is 12.4. The standard InChI is InChI=1S/C18H20O3/c1-12(2)21-16-5-3-4-14(11-16)18(19)15-6-7-17-13(10-15)8-9-20-17/h3-7,10-12,18-19H,8-9H2,1-2H3. The van der Waals surface area contributed by atoms with Crippen molar-refractivity contribution >= 4 is 0 Å². The van der Waals surface area contributed by atoms with Crippen LogP contribution in [0.2, 0.25) is 0 Å².